The second kappa shape index (κ2) is 10.8. The average molecular weight is 462 g/mol. The third-order valence-electron chi connectivity index (χ3n) is 7.26. The second-order valence-corrected chi connectivity index (χ2v) is 9.63. The number of hydrogen-bond acceptors (Lipinski definition) is 1. The van der Waals surface area contributed by atoms with E-state index in [4.69, 9.17) is 5.41 Å². The number of benzene rings is 4. The molecule has 1 aliphatic heterocycles. The summed E-state index contributed by atoms with van der Waals surface area (Å²) < 4.78 is 0. The summed E-state index contributed by atoms with van der Waals surface area (Å²) in [7, 11) is 0. The van der Waals surface area contributed by atoms with Gasteiger partial charge < -0.3 is 9.80 Å². The van der Waals surface area contributed by atoms with Gasteiger partial charge in [0.1, 0.15) is 0 Å². The molecule has 0 amide bonds. The van der Waals surface area contributed by atoms with Crippen LogP contribution in [0.5, 0.6) is 0 Å². The zero-order valence-electron chi connectivity index (χ0n) is 20.7. The molecule has 0 radical (unpaired) electrons. The number of nitrogens with one attached hydrogen (secondary N) is 1. The summed E-state index contributed by atoms with van der Waals surface area (Å²) in [5, 5.41) is 11.6. The Morgan fingerprint density at radius 3 is 2.29 bits per heavy atom. The van der Waals surface area contributed by atoms with Crippen molar-refractivity contribution in [1.82, 2.24) is 9.80 Å². The van der Waals surface area contributed by atoms with E-state index in [0.29, 0.717) is 12.0 Å². The van der Waals surface area contributed by atoms with Crippen LogP contribution in [0.4, 0.5) is 0 Å². The first-order valence-corrected chi connectivity index (χ1v) is 12.9. The van der Waals surface area contributed by atoms with E-state index in [-0.39, 0.29) is 0 Å². The summed E-state index contributed by atoms with van der Waals surface area (Å²) in [4.78, 5) is 4.64. The molecule has 0 saturated carbocycles. The molecule has 3 heteroatoms. The zero-order valence-corrected chi connectivity index (χ0v) is 20.7. The quantitative estimate of drug-likeness (QED) is 0.290. The lowest BCUT2D eigenvalue weighted by molar-refractivity contribution is 0.340. The van der Waals surface area contributed by atoms with Crippen LogP contribution in [0.15, 0.2) is 97.1 Å². The van der Waals surface area contributed by atoms with E-state index >= 15 is 0 Å². The molecule has 4 aromatic rings. The van der Waals surface area contributed by atoms with E-state index in [1.807, 2.05) is 0 Å². The van der Waals surface area contributed by atoms with Gasteiger partial charge in [0.05, 0.1) is 6.04 Å². The van der Waals surface area contributed by atoms with Gasteiger partial charge in [-0.1, -0.05) is 110 Å². The van der Waals surface area contributed by atoms with Crippen molar-refractivity contribution < 1.29 is 0 Å². The lowest BCUT2D eigenvalue weighted by Crippen LogP contribution is -2.38. The number of unbranched alkanes of at least 4 members (excludes halogenated alkanes) is 1. The van der Waals surface area contributed by atoms with Gasteiger partial charge in [0, 0.05) is 19.6 Å². The summed E-state index contributed by atoms with van der Waals surface area (Å²) in [5.41, 5.74) is 5.22. The van der Waals surface area contributed by atoms with Crippen LogP contribution in [0.1, 0.15) is 30.9 Å². The molecule has 1 aliphatic rings. The number of fused-ring (bicyclic) bond motifs is 1. The summed E-state index contributed by atoms with van der Waals surface area (Å²) in [5.74, 6) is 0.699. The molecule has 4 aromatic carbocycles. The third-order valence-corrected chi connectivity index (χ3v) is 7.26. The van der Waals surface area contributed by atoms with Gasteiger partial charge >= 0.3 is 0 Å². The van der Waals surface area contributed by atoms with E-state index in [0.717, 1.165) is 45.3 Å². The van der Waals surface area contributed by atoms with Gasteiger partial charge in [-0.05, 0) is 52.3 Å². The van der Waals surface area contributed by atoms with Crippen molar-refractivity contribution in [3.63, 3.8) is 0 Å². The summed E-state index contributed by atoms with van der Waals surface area (Å²) >= 11 is 0. The Labute approximate surface area is 209 Å². The van der Waals surface area contributed by atoms with Crippen LogP contribution in [0.3, 0.4) is 0 Å². The highest BCUT2D eigenvalue weighted by Gasteiger charge is 2.33. The maximum absolute atomic E-state index is 8.96. The van der Waals surface area contributed by atoms with E-state index in [2.05, 4.69) is 114 Å². The molecule has 0 bridgehead atoms. The standard InChI is InChI=1S/C32H35N3/c1-2-3-21-34-24-30(23-29-14-9-13-28-12-7-8-15-31(28)29)35(32(34)33)22-20-25-16-18-27(19-17-25)26-10-5-4-6-11-26/h4-19,30,33H,2-3,20-24H2,1H3/t30-/m1/s1. The summed E-state index contributed by atoms with van der Waals surface area (Å²) in [6.07, 6.45) is 4.22. The van der Waals surface area contributed by atoms with Crippen LogP contribution in [-0.2, 0) is 12.8 Å². The monoisotopic (exact) mass is 461 g/mol. The Balaban J connectivity index is 1.32. The Morgan fingerprint density at radius 1 is 0.771 bits per heavy atom. The highest BCUT2D eigenvalue weighted by molar-refractivity contribution is 5.86. The fraction of sp³-hybridized carbons (Fsp3) is 0.281. The van der Waals surface area contributed by atoms with Gasteiger partial charge in [-0.15, -0.1) is 0 Å². The van der Waals surface area contributed by atoms with Gasteiger partial charge in [0.2, 0.25) is 0 Å². The van der Waals surface area contributed by atoms with Crippen molar-refractivity contribution in [1.29, 1.82) is 5.41 Å². The van der Waals surface area contributed by atoms with E-state index in [1.54, 1.807) is 0 Å². The molecule has 1 fully saturated rings. The third kappa shape index (κ3) is 5.24. The van der Waals surface area contributed by atoms with Crippen molar-refractivity contribution in [2.75, 3.05) is 19.6 Å². The molecule has 5 rings (SSSR count). The normalized spacial score (nSPS) is 15.8. The average Bonchev–Trinajstić information content (AvgIpc) is 3.20. The Hall–Kier alpha value is -3.59. The van der Waals surface area contributed by atoms with Crippen LogP contribution in [0, 0.1) is 5.41 Å². The minimum Gasteiger partial charge on any atom is -0.341 e. The second-order valence-electron chi connectivity index (χ2n) is 9.63. The highest BCUT2D eigenvalue weighted by Crippen LogP contribution is 2.26. The van der Waals surface area contributed by atoms with Crippen molar-refractivity contribution in [3.8, 4) is 11.1 Å². The molecule has 1 atom stereocenters. The lowest BCUT2D eigenvalue weighted by Gasteiger charge is -2.26. The molecular formula is C32H35N3. The summed E-state index contributed by atoms with van der Waals surface area (Å²) in [6.45, 7) is 5.02. The maximum Gasteiger partial charge on any atom is 0.194 e. The smallest absolute Gasteiger partial charge is 0.194 e. The van der Waals surface area contributed by atoms with E-state index in [9.17, 15) is 0 Å². The van der Waals surface area contributed by atoms with Gasteiger partial charge in [0.15, 0.2) is 5.96 Å². The fourth-order valence-electron chi connectivity index (χ4n) is 5.27. The van der Waals surface area contributed by atoms with Crippen LogP contribution in [0.25, 0.3) is 21.9 Å². The highest BCUT2D eigenvalue weighted by atomic mass is 15.4. The molecule has 0 unspecified atom stereocenters. The molecule has 178 valence electrons. The van der Waals surface area contributed by atoms with E-state index < -0.39 is 0 Å². The minimum atomic E-state index is 0.328. The lowest BCUT2D eigenvalue weighted by atomic mass is 9.98. The molecule has 0 spiro atoms. The Morgan fingerprint density at radius 2 is 1.49 bits per heavy atom. The summed E-state index contributed by atoms with van der Waals surface area (Å²) in [6, 6.07) is 35.1. The first-order valence-electron chi connectivity index (χ1n) is 12.9. The SMILES string of the molecule is CCCCN1C[C@@H](Cc2cccc3ccccc23)N(CCc2ccc(-c3ccccc3)cc2)C1=N. The number of nitrogens with zero attached hydrogens (tertiary/aromatic N) is 2. The van der Waals surface area contributed by atoms with E-state index in [1.165, 1.54) is 33.0 Å². The molecule has 35 heavy (non-hydrogen) atoms. The maximum atomic E-state index is 8.96. The first-order chi connectivity index (χ1) is 17.2. The predicted molar refractivity (Wildman–Crippen MR) is 148 cm³/mol. The molecule has 0 aliphatic carbocycles. The van der Waals surface area contributed by atoms with Crippen molar-refractivity contribution >= 4 is 16.7 Å². The van der Waals surface area contributed by atoms with Gasteiger partial charge in [-0.2, -0.15) is 0 Å². The Kier molecular flexibility index (Phi) is 7.13. The first kappa shape index (κ1) is 23.2. The molecule has 1 heterocycles. The van der Waals surface area contributed by atoms with Crippen LogP contribution >= 0.6 is 0 Å². The zero-order chi connectivity index (χ0) is 24.0. The van der Waals surface area contributed by atoms with Gasteiger partial charge in [0.25, 0.3) is 0 Å². The van der Waals surface area contributed by atoms with Crippen LogP contribution in [0.2, 0.25) is 0 Å². The van der Waals surface area contributed by atoms with Crippen molar-refractivity contribution in [2.24, 2.45) is 0 Å². The number of hydrogen-bond donors (Lipinski definition) is 1. The van der Waals surface area contributed by atoms with Gasteiger partial charge in [-0.3, -0.25) is 5.41 Å². The molecule has 1 N–H and O–H groups in total. The topological polar surface area (TPSA) is 30.3 Å². The van der Waals surface area contributed by atoms with Crippen LogP contribution in [-0.4, -0.2) is 41.4 Å². The molecule has 3 nitrogen and oxygen atoms in total. The Bertz CT molecular complexity index is 1260. The fourth-order valence-corrected chi connectivity index (χ4v) is 5.27. The van der Waals surface area contributed by atoms with Gasteiger partial charge in [-0.25, -0.2) is 0 Å². The molecule has 1 saturated heterocycles. The molecular weight excluding hydrogens is 426 g/mol. The number of rotatable bonds is 9. The predicted octanol–water partition coefficient (Wildman–Crippen LogP) is 7.01. The van der Waals surface area contributed by atoms with Crippen LogP contribution < -0.4 is 0 Å². The number of guanidine groups is 1. The largest absolute Gasteiger partial charge is 0.341 e. The van der Waals surface area contributed by atoms with Crippen molar-refractivity contribution in [3.05, 3.63) is 108 Å². The molecule has 0 aromatic heterocycles. The minimum absolute atomic E-state index is 0.328. The van der Waals surface area contributed by atoms with Crippen molar-refractivity contribution in [2.45, 2.75) is 38.6 Å².